The predicted molar refractivity (Wildman–Crippen MR) is 94.1 cm³/mol. The summed E-state index contributed by atoms with van der Waals surface area (Å²) in [5.74, 6) is 0.633. The molecule has 24 heavy (non-hydrogen) atoms. The summed E-state index contributed by atoms with van der Waals surface area (Å²) in [7, 11) is 0. The lowest BCUT2D eigenvalue weighted by molar-refractivity contribution is -0.138. The molecule has 1 amide bonds. The summed E-state index contributed by atoms with van der Waals surface area (Å²) in [6.07, 6.45) is 0.247. The minimum atomic E-state index is -0.886. The number of aliphatic carboxylic acids is 1. The van der Waals surface area contributed by atoms with Gasteiger partial charge in [-0.1, -0.05) is 39.8 Å². The first kappa shape index (κ1) is 20.0. The molecule has 0 saturated heterocycles. The van der Waals surface area contributed by atoms with E-state index in [1.165, 1.54) is 0 Å². The first-order valence-corrected chi connectivity index (χ1v) is 8.49. The summed E-state index contributed by atoms with van der Waals surface area (Å²) in [4.78, 5) is 24.9. The Morgan fingerprint density at radius 1 is 1.08 bits per heavy atom. The Hall–Kier alpha value is -2.04. The lowest BCUT2D eigenvalue weighted by Gasteiger charge is -2.24. The largest absolute Gasteiger partial charge is 0.493 e. The highest BCUT2D eigenvalue weighted by atomic mass is 16.5. The second-order valence-electron chi connectivity index (χ2n) is 6.90. The van der Waals surface area contributed by atoms with Crippen LogP contribution in [0.1, 0.15) is 39.7 Å². The van der Waals surface area contributed by atoms with Gasteiger partial charge >= 0.3 is 5.97 Å². The molecular weight excluding hydrogens is 306 g/mol. The summed E-state index contributed by atoms with van der Waals surface area (Å²) in [5, 5.41) is 8.84. The molecule has 134 valence electrons. The third-order valence-electron chi connectivity index (χ3n) is 3.40. The number of hydrogen-bond donors (Lipinski definition) is 1. The predicted octanol–water partition coefficient (Wildman–Crippen LogP) is 3.22. The number of hydrogen-bond acceptors (Lipinski definition) is 3. The highest BCUT2D eigenvalue weighted by molar-refractivity contribution is 5.79. The van der Waals surface area contributed by atoms with Crippen molar-refractivity contribution in [1.29, 1.82) is 0 Å². The molecule has 1 rings (SSSR count). The van der Waals surface area contributed by atoms with Crippen LogP contribution < -0.4 is 4.74 Å². The fraction of sp³-hybridized carbons (Fsp3) is 0.579. The van der Waals surface area contributed by atoms with Crippen molar-refractivity contribution < 1.29 is 19.4 Å². The Bertz CT molecular complexity index is 523. The van der Waals surface area contributed by atoms with Crippen molar-refractivity contribution >= 4 is 11.9 Å². The third kappa shape index (κ3) is 7.99. The van der Waals surface area contributed by atoms with Crippen LogP contribution in [0, 0.1) is 11.8 Å². The van der Waals surface area contributed by atoms with Crippen molar-refractivity contribution in [3.63, 3.8) is 0 Å². The van der Waals surface area contributed by atoms with Crippen molar-refractivity contribution in [3.05, 3.63) is 29.8 Å². The van der Waals surface area contributed by atoms with Crippen LogP contribution in [0.3, 0.4) is 0 Å². The van der Waals surface area contributed by atoms with Crippen LogP contribution in [0.4, 0.5) is 0 Å². The number of ether oxygens (including phenoxy) is 1. The maximum Gasteiger partial charge on any atom is 0.305 e. The molecule has 0 fully saturated rings. The quantitative estimate of drug-likeness (QED) is 0.713. The molecule has 0 heterocycles. The summed E-state index contributed by atoms with van der Waals surface area (Å²) in [5.41, 5.74) is 0.904. The van der Waals surface area contributed by atoms with Gasteiger partial charge in [-0.3, -0.25) is 9.59 Å². The van der Waals surface area contributed by atoms with E-state index < -0.39 is 5.97 Å². The average molecular weight is 335 g/mol. The first-order chi connectivity index (χ1) is 11.3. The van der Waals surface area contributed by atoms with E-state index in [4.69, 9.17) is 9.84 Å². The number of carbonyl (C=O) groups is 2. The van der Waals surface area contributed by atoms with Gasteiger partial charge in [-0.05, 0) is 29.5 Å². The lowest BCUT2D eigenvalue weighted by Crippen LogP contribution is -2.37. The number of carboxylic acid groups (broad SMARTS) is 1. The highest BCUT2D eigenvalue weighted by Crippen LogP contribution is 2.14. The SMILES string of the molecule is CC(C)COc1ccc(CC(=O)N(CCC(=O)O)CC(C)C)cc1. The van der Waals surface area contributed by atoms with Gasteiger partial charge in [-0.25, -0.2) is 0 Å². The Labute approximate surface area is 144 Å². The van der Waals surface area contributed by atoms with E-state index in [0.29, 0.717) is 25.0 Å². The molecule has 0 aliphatic rings. The number of amides is 1. The zero-order valence-electron chi connectivity index (χ0n) is 15.1. The minimum Gasteiger partial charge on any atom is -0.493 e. The van der Waals surface area contributed by atoms with Crippen molar-refractivity contribution in [2.24, 2.45) is 11.8 Å². The molecule has 1 aromatic carbocycles. The van der Waals surface area contributed by atoms with Gasteiger partial charge in [-0.2, -0.15) is 0 Å². The molecule has 0 bridgehead atoms. The van der Waals surface area contributed by atoms with Crippen molar-refractivity contribution in [2.75, 3.05) is 19.7 Å². The molecule has 0 saturated carbocycles. The number of carboxylic acids is 1. The van der Waals surface area contributed by atoms with Gasteiger partial charge in [0.1, 0.15) is 5.75 Å². The van der Waals surface area contributed by atoms with Gasteiger partial charge in [0, 0.05) is 13.1 Å². The van der Waals surface area contributed by atoms with Gasteiger partial charge < -0.3 is 14.7 Å². The molecule has 5 nitrogen and oxygen atoms in total. The smallest absolute Gasteiger partial charge is 0.305 e. The second kappa shape index (κ2) is 9.96. The number of benzene rings is 1. The molecule has 0 aromatic heterocycles. The normalized spacial score (nSPS) is 10.9. The van der Waals surface area contributed by atoms with Crippen molar-refractivity contribution in [3.8, 4) is 5.75 Å². The standard InChI is InChI=1S/C19H29NO4/c1-14(2)12-20(10-9-19(22)23)18(21)11-16-5-7-17(8-6-16)24-13-15(3)4/h5-8,14-15H,9-13H2,1-4H3,(H,22,23). The monoisotopic (exact) mass is 335 g/mol. The summed E-state index contributed by atoms with van der Waals surface area (Å²) < 4.78 is 5.63. The van der Waals surface area contributed by atoms with Gasteiger partial charge in [0.15, 0.2) is 0 Å². The van der Waals surface area contributed by atoms with Gasteiger partial charge in [0.05, 0.1) is 19.4 Å². The summed E-state index contributed by atoms with van der Waals surface area (Å²) in [6, 6.07) is 7.51. The number of nitrogens with zero attached hydrogens (tertiary/aromatic N) is 1. The Morgan fingerprint density at radius 2 is 1.71 bits per heavy atom. The first-order valence-electron chi connectivity index (χ1n) is 8.49. The Kier molecular flexibility index (Phi) is 8.30. The van der Waals surface area contributed by atoms with E-state index in [2.05, 4.69) is 13.8 Å². The maximum absolute atomic E-state index is 12.5. The van der Waals surface area contributed by atoms with E-state index >= 15 is 0 Å². The lowest BCUT2D eigenvalue weighted by atomic mass is 10.1. The molecule has 0 radical (unpaired) electrons. The summed E-state index contributed by atoms with van der Waals surface area (Å²) in [6.45, 7) is 9.70. The van der Waals surface area contributed by atoms with Crippen LogP contribution in [0.25, 0.3) is 0 Å². The van der Waals surface area contributed by atoms with E-state index in [9.17, 15) is 9.59 Å². The zero-order chi connectivity index (χ0) is 18.1. The molecular formula is C19H29NO4. The second-order valence-corrected chi connectivity index (χ2v) is 6.90. The van der Waals surface area contributed by atoms with Crippen LogP contribution >= 0.6 is 0 Å². The number of rotatable bonds is 10. The highest BCUT2D eigenvalue weighted by Gasteiger charge is 2.16. The molecule has 1 aromatic rings. The third-order valence-corrected chi connectivity index (χ3v) is 3.40. The van der Waals surface area contributed by atoms with Gasteiger partial charge in [0.25, 0.3) is 0 Å². The Morgan fingerprint density at radius 3 is 2.21 bits per heavy atom. The van der Waals surface area contributed by atoms with E-state index in [0.717, 1.165) is 11.3 Å². The van der Waals surface area contributed by atoms with Crippen LogP contribution in [0.2, 0.25) is 0 Å². The van der Waals surface area contributed by atoms with Gasteiger partial charge in [-0.15, -0.1) is 0 Å². The fourth-order valence-corrected chi connectivity index (χ4v) is 2.24. The van der Waals surface area contributed by atoms with Crippen LogP contribution in [0.5, 0.6) is 5.75 Å². The zero-order valence-corrected chi connectivity index (χ0v) is 15.1. The molecule has 5 heteroatoms. The minimum absolute atomic E-state index is 0.0273. The van der Waals surface area contributed by atoms with Crippen molar-refractivity contribution in [2.45, 2.75) is 40.5 Å². The molecule has 0 spiro atoms. The molecule has 0 unspecified atom stereocenters. The Balaban J connectivity index is 2.63. The van der Waals surface area contributed by atoms with Gasteiger partial charge in [0.2, 0.25) is 5.91 Å². The maximum atomic E-state index is 12.5. The van der Waals surface area contributed by atoms with Crippen LogP contribution in [-0.2, 0) is 16.0 Å². The van der Waals surface area contributed by atoms with E-state index in [1.54, 1.807) is 4.90 Å². The summed E-state index contributed by atoms with van der Waals surface area (Å²) >= 11 is 0. The van der Waals surface area contributed by atoms with E-state index in [1.807, 2.05) is 38.1 Å². The fourth-order valence-electron chi connectivity index (χ4n) is 2.24. The van der Waals surface area contributed by atoms with Crippen LogP contribution in [-0.4, -0.2) is 41.6 Å². The van der Waals surface area contributed by atoms with Crippen LogP contribution in [0.15, 0.2) is 24.3 Å². The number of carbonyl (C=O) groups excluding carboxylic acids is 1. The molecule has 1 N–H and O–H groups in total. The van der Waals surface area contributed by atoms with Crippen molar-refractivity contribution in [1.82, 2.24) is 4.90 Å². The average Bonchev–Trinajstić information content (AvgIpc) is 2.50. The topological polar surface area (TPSA) is 66.8 Å². The molecule has 0 aliphatic carbocycles. The van der Waals surface area contributed by atoms with E-state index in [-0.39, 0.29) is 25.3 Å². The molecule has 0 atom stereocenters. The molecule has 0 aliphatic heterocycles.